The van der Waals surface area contributed by atoms with Crippen LogP contribution in [0.25, 0.3) is 0 Å². The summed E-state index contributed by atoms with van der Waals surface area (Å²) in [5.41, 5.74) is -0.565. The lowest BCUT2D eigenvalue weighted by molar-refractivity contribution is -0.137. The number of amidine groups is 1. The van der Waals surface area contributed by atoms with Gasteiger partial charge < -0.3 is 0 Å². The van der Waals surface area contributed by atoms with Gasteiger partial charge in [0.1, 0.15) is 0 Å². The van der Waals surface area contributed by atoms with E-state index < -0.39 is 44.3 Å². The van der Waals surface area contributed by atoms with Crippen molar-refractivity contribution in [3.63, 3.8) is 0 Å². The van der Waals surface area contributed by atoms with Gasteiger partial charge in [-0.15, -0.1) is 0 Å². The Balaban J connectivity index is 1.89. The first-order valence-corrected chi connectivity index (χ1v) is 9.55. The second-order valence-electron chi connectivity index (χ2n) is 5.82. The minimum Gasteiger partial charge on any atom is -0.300 e. The molecule has 0 radical (unpaired) electrons. The van der Waals surface area contributed by atoms with Gasteiger partial charge in [-0.3, -0.25) is 10.1 Å². The molecule has 1 fully saturated rings. The van der Waals surface area contributed by atoms with Crippen molar-refractivity contribution in [3.05, 3.63) is 64.7 Å². The quantitative estimate of drug-likeness (QED) is 0.832. The highest BCUT2D eigenvalue weighted by Crippen LogP contribution is 2.30. The Kier molecular flexibility index (Phi) is 5.00. The molecular formula is C17H12ClF3N2O3S. The zero-order valence-electron chi connectivity index (χ0n) is 13.5. The van der Waals surface area contributed by atoms with Crippen LogP contribution in [0.3, 0.4) is 0 Å². The molecule has 0 saturated carbocycles. The molecule has 10 heteroatoms. The summed E-state index contributed by atoms with van der Waals surface area (Å²) in [7, 11) is -4.16. The Bertz CT molecular complexity index is 1020. The highest BCUT2D eigenvalue weighted by atomic mass is 35.5. The topological polar surface area (TPSA) is 75.6 Å². The van der Waals surface area contributed by atoms with Crippen molar-refractivity contribution in [1.29, 1.82) is 0 Å². The maximum atomic E-state index is 12.8. The first-order valence-electron chi connectivity index (χ1n) is 7.62. The fraction of sp³-hybridized carbons (Fsp3) is 0.176. The number of aliphatic imine (C=N–C) groups is 1. The summed E-state index contributed by atoms with van der Waals surface area (Å²) in [6.45, 7) is 0. The van der Waals surface area contributed by atoms with Crippen LogP contribution in [0, 0.1) is 0 Å². The molecular weight excluding hydrogens is 405 g/mol. The number of carbonyl (C=O) groups is 1. The molecule has 2 aromatic rings. The van der Waals surface area contributed by atoms with E-state index in [1.165, 1.54) is 36.4 Å². The molecule has 1 N–H and O–H groups in total. The third-order valence-corrected chi connectivity index (χ3v) is 6.01. The van der Waals surface area contributed by atoms with Crippen molar-refractivity contribution in [2.75, 3.05) is 0 Å². The minimum absolute atomic E-state index is 0.0845. The van der Waals surface area contributed by atoms with E-state index in [2.05, 4.69) is 10.3 Å². The van der Waals surface area contributed by atoms with Crippen molar-refractivity contribution in [2.45, 2.75) is 17.8 Å². The molecule has 1 heterocycles. The van der Waals surface area contributed by atoms with Gasteiger partial charge in [0.2, 0.25) is 20.9 Å². The fourth-order valence-corrected chi connectivity index (χ4v) is 4.17. The number of benzene rings is 2. The number of hydrogen-bond acceptors (Lipinski definition) is 4. The van der Waals surface area contributed by atoms with Crippen LogP contribution < -0.4 is 5.32 Å². The van der Waals surface area contributed by atoms with E-state index in [1.54, 1.807) is 0 Å². The number of nitrogens with zero attached hydrogens (tertiary/aromatic N) is 1. The van der Waals surface area contributed by atoms with Gasteiger partial charge >= 0.3 is 6.18 Å². The van der Waals surface area contributed by atoms with Crippen LogP contribution in [0.1, 0.15) is 11.1 Å². The summed E-state index contributed by atoms with van der Waals surface area (Å²) in [5, 5.41) is 0.536. The second kappa shape index (κ2) is 6.97. The number of carbonyl (C=O) groups excluding carboxylic acids is 1. The van der Waals surface area contributed by atoms with E-state index in [-0.39, 0.29) is 11.3 Å². The number of rotatable bonds is 3. The van der Waals surface area contributed by atoms with Crippen LogP contribution in [0.2, 0.25) is 5.02 Å². The van der Waals surface area contributed by atoms with Crippen LogP contribution in [0.15, 0.2) is 53.5 Å². The number of amides is 1. The normalized spacial score (nSPS) is 20.7. The number of sulfone groups is 1. The first kappa shape index (κ1) is 19.4. The van der Waals surface area contributed by atoms with Crippen LogP contribution in [-0.2, 0) is 27.2 Å². The molecule has 3 rings (SSSR count). The lowest BCUT2D eigenvalue weighted by Gasteiger charge is -2.10. The summed E-state index contributed by atoms with van der Waals surface area (Å²) >= 11 is 5.75. The van der Waals surface area contributed by atoms with E-state index in [0.29, 0.717) is 5.02 Å². The summed E-state index contributed by atoms with van der Waals surface area (Å²) in [5.74, 6) is -0.833. The maximum Gasteiger partial charge on any atom is 0.416 e. The average Bonchev–Trinajstić information content (AvgIpc) is 2.79. The molecule has 0 aliphatic carbocycles. The van der Waals surface area contributed by atoms with Crippen LogP contribution >= 0.6 is 11.6 Å². The number of halogens is 4. The first-order chi connectivity index (χ1) is 12.6. The highest BCUT2D eigenvalue weighted by Gasteiger charge is 2.45. The molecule has 1 amide bonds. The second-order valence-corrected chi connectivity index (χ2v) is 8.30. The molecule has 1 atom stereocenters. The molecule has 2 aromatic carbocycles. The van der Waals surface area contributed by atoms with E-state index >= 15 is 0 Å². The molecule has 142 valence electrons. The van der Waals surface area contributed by atoms with Gasteiger partial charge in [-0.25, -0.2) is 13.4 Å². The van der Waals surface area contributed by atoms with Gasteiger partial charge in [-0.1, -0.05) is 29.8 Å². The van der Waals surface area contributed by atoms with Gasteiger partial charge in [-0.2, -0.15) is 13.2 Å². The smallest absolute Gasteiger partial charge is 0.300 e. The third-order valence-electron chi connectivity index (χ3n) is 3.90. The fourth-order valence-electron chi connectivity index (χ4n) is 2.55. The summed E-state index contributed by atoms with van der Waals surface area (Å²) in [6.07, 6.45) is -4.95. The Labute approximate surface area is 157 Å². The average molecular weight is 417 g/mol. The molecule has 27 heavy (non-hydrogen) atoms. The Morgan fingerprint density at radius 1 is 1.11 bits per heavy atom. The SMILES string of the molecule is O=C1NC(=Nc2ccc(Cl)cc2)S(=O)(=O)C1Cc1cccc(C(F)(F)F)c1. The molecule has 0 bridgehead atoms. The lowest BCUT2D eigenvalue weighted by atomic mass is 10.1. The number of nitrogens with one attached hydrogen (secondary N) is 1. The predicted molar refractivity (Wildman–Crippen MR) is 94.5 cm³/mol. The van der Waals surface area contributed by atoms with Crippen LogP contribution in [0.4, 0.5) is 18.9 Å². The summed E-state index contributed by atoms with van der Waals surface area (Å²) in [6, 6.07) is 10.2. The minimum atomic E-state index is -4.56. The van der Waals surface area contributed by atoms with Crippen LogP contribution in [0.5, 0.6) is 0 Å². The molecule has 1 aliphatic rings. The van der Waals surface area contributed by atoms with Gasteiger partial charge in [0.25, 0.3) is 0 Å². The van der Waals surface area contributed by atoms with Crippen molar-refractivity contribution in [3.8, 4) is 0 Å². The third kappa shape index (κ3) is 4.14. The zero-order valence-corrected chi connectivity index (χ0v) is 15.1. The lowest BCUT2D eigenvalue weighted by Crippen LogP contribution is -2.27. The van der Waals surface area contributed by atoms with Crippen molar-refractivity contribution < 1.29 is 26.4 Å². The molecule has 0 spiro atoms. The summed E-state index contributed by atoms with van der Waals surface area (Å²) in [4.78, 5) is 16.0. The Morgan fingerprint density at radius 2 is 1.78 bits per heavy atom. The van der Waals surface area contributed by atoms with E-state index in [9.17, 15) is 26.4 Å². The number of alkyl halides is 3. The van der Waals surface area contributed by atoms with E-state index in [1.807, 2.05) is 0 Å². The van der Waals surface area contributed by atoms with Crippen LogP contribution in [-0.4, -0.2) is 24.7 Å². The van der Waals surface area contributed by atoms with E-state index in [0.717, 1.165) is 12.1 Å². The largest absolute Gasteiger partial charge is 0.416 e. The molecule has 1 aliphatic heterocycles. The Hall–Kier alpha value is -2.39. The highest BCUT2D eigenvalue weighted by molar-refractivity contribution is 8.08. The van der Waals surface area contributed by atoms with Gasteiger partial charge in [0, 0.05) is 5.02 Å². The van der Waals surface area contributed by atoms with E-state index in [4.69, 9.17) is 11.6 Å². The zero-order chi connectivity index (χ0) is 19.8. The molecule has 5 nitrogen and oxygen atoms in total. The monoisotopic (exact) mass is 416 g/mol. The molecule has 1 saturated heterocycles. The Morgan fingerprint density at radius 3 is 2.41 bits per heavy atom. The maximum absolute atomic E-state index is 12.8. The molecule has 0 aromatic heterocycles. The van der Waals surface area contributed by atoms with Gasteiger partial charge in [-0.05, 0) is 42.3 Å². The predicted octanol–water partition coefficient (Wildman–Crippen LogP) is 3.50. The van der Waals surface area contributed by atoms with Gasteiger partial charge in [0.15, 0.2) is 5.25 Å². The number of hydrogen-bond donors (Lipinski definition) is 1. The van der Waals surface area contributed by atoms with Crippen molar-refractivity contribution in [1.82, 2.24) is 5.32 Å². The van der Waals surface area contributed by atoms with Crippen molar-refractivity contribution in [2.24, 2.45) is 4.99 Å². The molecule has 1 unspecified atom stereocenters. The van der Waals surface area contributed by atoms with Gasteiger partial charge in [0.05, 0.1) is 11.3 Å². The standard InChI is InChI=1S/C17H12ClF3N2O3S/c18-12-4-6-13(7-5-12)22-16-23-15(24)14(27(16,25)26)9-10-2-1-3-11(8-10)17(19,20)21/h1-8,14H,9H2,(H,22,23,24). The summed E-state index contributed by atoms with van der Waals surface area (Å²) < 4.78 is 63.6. The van der Waals surface area contributed by atoms with Crippen molar-refractivity contribution >= 4 is 38.2 Å².